The van der Waals surface area contributed by atoms with Crippen LogP contribution < -0.4 is 0 Å². The van der Waals surface area contributed by atoms with E-state index >= 15 is 0 Å². The summed E-state index contributed by atoms with van der Waals surface area (Å²) >= 11 is 0. The summed E-state index contributed by atoms with van der Waals surface area (Å²) in [6, 6.07) is -0.528. The van der Waals surface area contributed by atoms with Gasteiger partial charge in [-0.2, -0.15) is 0 Å². The van der Waals surface area contributed by atoms with Crippen molar-refractivity contribution < 1.29 is 19.1 Å². The summed E-state index contributed by atoms with van der Waals surface area (Å²) in [6.07, 6.45) is 2.45. The Hall–Kier alpha value is -1.52. The monoisotopic (exact) mass is 255 g/mol. The molecule has 5 nitrogen and oxygen atoms in total. The number of rotatable bonds is 3. The Bertz CT molecular complexity index is 332. The second kappa shape index (κ2) is 5.89. The van der Waals surface area contributed by atoms with Crippen molar-refractivity contribution in [1.82, 2.24) is 4.90 Å². The highest BCUT2D eigenvalue weighted by molar-refractivity contribution is 5.82. The van der Waals surface area contributed by atoms with Gasteiger partial charge in [0.1, 0.15) is 18.2 Å². The van der Waals surface area contributed by atoms with E-state index in [1.807, 2.05) is 0 Å². The molecule has 102 valence electrons. The van der Waals surface area contributed by atoms with Crippen LogP contribution in [0.15, 0.2) is 12.7 Å². The van der Waals surface area contributed by atoms with Gasteiger partial charge in [-0.15, -0.1) is 0 Å². The molecule has 0 spiro atoms. The van der Waals surface area contributed by atoms with Crippen LogP contribution in [0.5, 0.6) is 0 Å². The zero-order chi connectivity index (χ0) is 13.8. The molecule has 0 aliphatic carbocycles. The molecule has 1 saturated heterocycles. The van der Waals surface area contributed by atoms with Gasteiger partial charge in [-0.1, -0.05) is 12.7 Å². The minimum atomic E-state index is -0.560. The van der Waals surface area contributed by atoms with E-state index in [1.165, 1.54) is 11.0 Å². The second-order valence-electron chi connectivity index (χ2n) is 5.25. The summed E-state index contributed by atoms with van der Waals surface area (Å²) < 4.78 is 10.2. The molecular formula is C13H21NO4. The zero-order valence-electron chi connectivity index (χ0n) is 11.3. The van der Waals surface area contributed by atoms with Gasteiger partial charge < -0.3 is 9.47 Å². The Morgan fingerprint density at radius 3 is 2.67 bits per heavy atom. The molecule has 18 heavy (non-hydrogen) atoms. The summed E-state index contributed by atoms with van der Waals surface area (Å²) in [7, 11) is 0. The minimum Gasteiger partial charge on any atom is -0.460 e. The molecule has 5 heteroatoms. The molecule has 1 fully saturated rings. The lowest BCUT2D eigenvalue weighted by Gasteiger charge is -2.27. The van der Waals surface area contributed by atoms with Crippen molar-refractivity contribution in [3.05, 3.63) is 12.7 Å². The zero-order valence-corrected chi connectivity index (χ0v) is 11.3. The molecule has 0 aromatic rings. The molecule has 0 radical (unpaired) electrons. The van der Waals surface area contributed by atoms with Crippen molar-refractivity contribution in [1.29, 1.82) is 0 Å². The first kappa shape index (κ1) is 14.5. The summed E-state index contributed by atoms with van der Waals surface area (Å²) in [6.45, 7) is 9.57. The molecule has 0 aromatic heterocycles. The number of hydrogen-bond acceptors (Lipinski definition) is 4. The van der Waals surface area contributed by atoms with E-state index in [9.17, 15) is 9.59 Å². The molecule has 1 rings (SSSR count). The van der Waals surface area contributed by atoms with Gasteiger partial charge in [-0.05, 0) is 33.6 Å². The number of amides is 1. The summed E-state index contributed by atoms with van der Waals surface area (Å²) in [5.74, 6) is -0.391. The van der Waals surface area contributed by atoms with Crippen molar-refractivity contribution >= 4 is 12.1 Å². The molecule has 1 aliphatic rings. The van der Waals surface area contributed by atoms with Crippen molar-refractivity contribution in [2.75, 3.05) is 13.2 Å². The van der Waals surface area contributed by atoms with Crippen LogP contribution in [0.3, 0.4) is 0 Å². The lowest BCUT2D eigenvalue weighted by molar-refractivity contribution is -0.147. The fraction of sp³-hybridized carbons (Fsp3) is 0.692. The SMILES string of the molecule is C=CCOC(=O)C1CCCN1C(=O)OC(C)(C)C. The molecule has 1 heterocycles. The third-order valence-electron chi connectivity index (χ3n) is 2.50. The van der Waals surface area contributed by atoms with Gasteiger partial charge in [0, 0.05) is 6.54 Å². The van der Waals surface area contributed by atoms with E-state index in [1.54, 1.807) is 20.8 Å². The van der Waals surface area contributed by atoms with Gasteiger partial charge in [0.15, 0.2) is 0 Å². The molecule has 0 bridgehead atoms. The van der Waals surface area contributed by atoms with E-state index in [4.69, 9.17) is 9.47 Å². The highest BCUT2D eigenvalue weighted by atomic mass is 16.6. The first-order valence-corrected chi connectivity index (χ1v) is 6.12. The highest BCUT2D eigenvalue weighted by Gasteiger charge is 2.37. The number of likely N-dealkylation sites (tertiary alicyclic amines) is 1. The van der Waals surface area contributed by atoms with E-state index in [0.29, 0.717) is 13.0 Å². The van der Waals surface area contributed by atoms with Crippen molar-refractivity contribution in [3.8, 4) is 0 Å². The third-order valence-corrected chi connectivity index (χ3v) is 2.50. The lowest BCUT2D eigenvalue weighted by Crippen LogP contribution is -2.44. The highest BCUT2D eigenvalue weighted by Crippen LogP contribution is 2.21. The average Bonchev–Trinajstić information content (AvgIpc) is 2.72. The Morgan fingerprint density at radius 1 is 1.44 bits per heavy atom. The van der Waals surface area contributed by atoms with Gasteiger partial charge in [-0.3, -0.25) is 4.90 Å². The van der Waals surface area contributed by atoms with Crippen LogP contribution >= 0.6 is 0 Å². The maximum absolute atomic E-state index is 11.9. The van der Waals surface area contributed by atoms with Crippen LogP contribution in [0.4, 0.5) is 4.79 Å². The fourth-order valence-electron chi connectivity index (χ4n) is 1.79. The topological polar surface area (TPSA) is 55.8 Å². The number of hydrogen-bond donors (Lipinski definition) is 0. The van der Waals surface area contributed by atoms with Crippen LogP contribution in [-0.2, 0) is 14.3 Å². The average molecular weight is 255 g/mol. The van der Waals surface area contributed by atoms with E-state index in [0.717, 1.165) is 6.42 Å². The summed E-state index contributed by atoms with van der Waals surface area (Å²) in [5.41, 5.74) is -0.560. The maximum atomic E-state index is 11.9. The molecule has 1 unspecified atom stereocenters. The van der Waals surface area contributed by atoms with Gasteiger partial charge >= 0.3 is 12.1 Å². The van der Waals surface area contributed by atoms with Crippen LogP contribution in [0.25, 0.3) is 0 Å². The molecule has 0 saturated carbocycles. The predicted molar refractivity (Wildman–Crippen MR) is 67.1 cm³/mol. The van der Waals surface area contributed by atoms with E-state index in [-0.39, 0.29) is 6.61 Å². The molecule has 0 N–H and O–H groups in total. The number of ether oxygens (including phenoxy) is 2. The smallest absolute Gasteiger partial charge is 0.411 e. The Balaban J connectivity index is 2.61. The van der Waals surface area contributed by atoms with Crippen LogP contribution in [0.2, 0.25) is 0 Å². The molecule has 0 aromatic carbocycles. The summed E-state index contributed by atoms with van der Waals surface area (Å²) in [4.78, 5) is 25.1. The Labute approximate surface area is 108 Å². The van der Waals surface area contributed by atoms with Gasteiger partial charge in [0.2, 0.25) is 0 Å². The predicted octanol–water partition coefficient (Wildman–Crippen LogP) is 2.12. The van der Waals surface area contributed by atoms with Crippen molar-refractivity contribution in [3.63, 3.8) is 0 Å². The Kier molecular flexibility index (Phi) is 4.76. The summed E-state index contributed by atoms with van der Waals surface area (Å²) in [5, 5.41) is 0. The number of carbonyl (C=O) groups is 2. The van der Waals surface area contributed by atoms with E-state index < -0.39 is 23.7 Å². The van der Waals surface area contributed by atoms with Crippen molar-refractivity contribution in [2.45, 2.75) is 45.3 Å². The molecule has 1 amide bonds. The number of nitrogens with zero attached hydrogens (tertiary/aromatic N) is 1. The number of carbonyl (C=O) groups excluding carboxylic acids is 2. The first-order chi connectivity index (χ1) is 8.35. The van der Waals surface area contributed by atoms with Crippen LogP contribution in [-0.4, -0.2) is 41.8 Å². The van der Waals surface area contributed by atoms with Crippen molar-refractivity contribution in [2.24, 2.45) is 0 Å². The van der Waals surface area contributed by atoms with Gasteiger partial charge in [-0.25, -0.2) is 9.59 Å². The fourth-order valence-corrected chi connectivity index (χ4v) is 1.79. The quantitative estimate of drug-likeness (QED) is 0.572. The standard InChI is InChI=1S/C13H21NO4/c1-5-9-17-11(15)10-7-6-8-14(10)12(16)18-13(2,3)4/h5,10H,1,6-9H2,2-4H3. The number of esters is 1. The third kappa shape index (κ3) is 4.05. The maximum Gasteiger partial charge on any atom is 0.411 e. The first-order valence-electron chi connectivity index (χ1n) is 6.12. The molecule has 1 atom stereocenters. The van der Waals surface area contributed by atoms with Crippen LogP contribution in [0, 0.1) is 0 Å². The van der Waals surface area contributed by atoms with Crippen LogP contribution in [0.1, 0.15) is 33.6 Å². The van der Waals surface area contributed by atoms with Gasteiger partial charge in [0.05, 0.1) is 0 Å². The van der Waals surface area contributed by atoms with E-state index in [2.05, 4.69) is 6.58 Å². The molecule has 1 aliphatic heterocycles. The van der Waals surface area contributed by atoms with Gasteiger partial charge in [0.25, 0.3) is 0 Å². The Morgan fingerprint density at radius 2 is 2.11 bits per heavy atom. The largest absolute Gasteiger partial charge is 0.460 e. The minimum absolute atomic E-state index is 0.164. The second-order valence-corrected chi connectivity index (χ2v) is 5.25. The molecular weight excluding hydrogens is 234 g/mol. The normalized spacial score (nSPS) is 19.5. The lowest BCUT2D eigenvalue weighted by atomic mass is 10.2.